The van der Waals surface area contributed by atoms with Crippen molar-refractivity contribution >= 4 is 38.5 Å². The van der Waals surface area contributed by atoms with Crippen molar-refractivity contribution in [2.75, 3.05) is 18.7 Å². The molecule has 0 bridgehead atoms. The Kier molecular flexibility index (Phi) is 7.37. The largest absolute Gasteiger partial charge is 0.493 e. The van der Waals surface area contributed by atoms with E-state index < -0.39 is 20.9 Å². The maximum absolute atomic E-state index is 13.0. The Morgan fingerprint density at radius 1 is 1.24 bits per heavy atom. The van der Waals surface area contributed by atoms with E-state index in [9.17, 15) is 22.9 Å². The van der Waals surface area contributed by atoms with Crippen molar-refractivity contribution in [2.24, 2.45) is 0 Å². The van der Waals surface area contributed by atoms with Gasteiger partial charge in [0, 0.05) is 17.8 Å². The number of rotatable bonds is 8. The number of hydrogen-bond donors (Lipinski definition) is 1. The SMILES string of the molecule is COc1cc(/C=C(/C#N)C(=O)Nc2nc(S(C)(=O)=O)ns2)ccc1OCc1ccc(F)cc1. The van der Waals surface area contributed by atoms with Gasteiger partial charge in [0.25, 0.3) is 11.1 Å². The number of carbonyl (C=O) groups excluding carboxylic acids is 1. The van der Waals surface area contributed by atoms with Crippen molar-refractivity contribution in [3.05, 3.63) is 65.0 Å². The molecule has 170 valence electrons. The molecule has 1 heterocycles. The van der Waals surface area contributed by atoms with Crippen LogP contribution in [0.2, 0.25) is 0 Å². The average molecular weight is 489 g/mol. The van der Waals surface area contributed by atoms with Crippen molar-refractivity contribution in [3.63, 3.8) is 0 Å². The molecule has 0 saturated heterocycles. The minimum absolute atomic E-state index is 0.0521. The molecule has 3 rings (SSSR count). The summed E-state index contributed by atoms with van der Waals surface area (Å²) in [5.74, 6) is -0.328. The number of ether oxygens (including phenoxy) is 2. The fourth-order valence-electron chi connectivity index (χ4n) is 2.53. The first-order chi connectivity index (χ1) is 15.7. The Morgan fingerprint density at radius 3 is 2.58 bits per heavy atom. The van der Waals surface area contributed by atoms with Gasteiger partial charge in [0.1, 0.15) is 24.1 Å². The number of nitrogens with zero attached hydrogens (tertiary/aromatic N) is 3. The van der Waals surface area contributed by atoms with Gasteiger partial charge in [-0.05, 0) is 41.5 Å². The molecule has 0 aliphatic carbocycles. The lowest BCUT2D eigenvalue weighted by molar-refractivity contribution is -0.112. The van der Waals surface area contributed by atoms with Crippen LogP contribution in [0.25, 0.3) is 6.08 Å². The first kappa shape index (κ1) is 23.8. The van der Waals surface area contributed by atoms with E-state index in [-0.39, 0.29) is 23.1 Å². The second kappa shape index (κ2) is 10.2. The summed E-state index contributed by atoms with van der Waals surface area (Å²) in [5, 5.41) is 11.3. The second-order valence-corrected chi connectivity index (χ2v) is 9.26. The lowest BCUT2D eigenvalue weighted by Gasteiger charge is -2.11. The Bertz CT molecular complexity index is 1350. The number of aromatic nitrogens is 2. The fraction of sp³-hybridized carbons (Fsp3) is 0.143. The molecule has 0 radical (unpaired) electrons. The van der Waals surface area contributed by atoms with Gasteiger partial charge in [0.2, 0.25) is 15.0 Å². The highest BCUT2D eigenvalue weighted by molar-refractivity contribution is 7.90. The number of anilines is 1. The molecular formula is C21H17FN4O5S2. The van der Waals surface area contributed by atoms with Gasteiger partial charge in [-0.25, -0.2) is 12.8 Å². The zero-order valence-corrected chi connectivity index (χ0v) is 19.0. The quantitative estimate of drug-likeness (QED) is 0.378. The van der Waals surface area contributed by atoms with E-state index >= 15 is 0 Å². The summed E-state index contributed by atoms with van der Waals surface area (Å²) in [6, 6.07) is 12.5. The number of hydrogen-bond acceptors (Lipinski definition) is 9. The average Bonchev–Trinajstić information content (AvgIpc) is 3.26. The fourth-order valence-corrected chi connectivity index (χ4v) is 3.97. The highest BCUT2D eigenvalue weighted by atomic mass is 32.2. The minimum Gasteiger partial charge on any atom is -0.493 e. The van der Waals surface area contributed by atoms with E-state index in [2.05, 4.69) is 14.7 Å². The minimum atomic E-state index is -3.61. The normalized spacial score (nSPS) is 11.5. The number of amides is 1. The molecule has 9 nitrogen and oxygen atoms in total. The van der Waals surface area contributed by atoms with Gasteiger partial charge < -0.3 is 9.47 Å². The zero-order valence-electron chi connectivity index (χ0n) is 17.4. The molecule has 0 aliphatic rings. The van der Waals surface area contributed by atoms with Crippen molar-refractivity contribution in [2.45, 2.75) is 11.8 Å². The van der Waals surface area contributed by atoms with Crippen LogP contribution in [-0.4, -0.2) is 37.0 Å². The second-order valence-electron chi connectivity index (χ2n) is 6.60. The summed E-state index contributed by atoms with van der Waals surface area (Å²) >= 11 is 0.685. The Hall–Kier alpha value is -3.82. The third-order valence-electron chi connectivity index (χ3n) is 4.13. The molecule has 1 aromatic heterocycles. The molecule has 1 N–H and O–H groups in total. The van der Waals surface area contributed by atoms with Gasteiger partial charge in [0.05, 0.1) is 7.11 Å². The number of carbonyl (C=O) groups is 1. The van der Waals surface area contributed by atoms with Crippen LogP contribution in [0.15, 0.2) is 53.2 Å². The summed E-state index contributed by atoms with van der Waals surface area (Å²) in [5.41, 5.74) is 1.01. The number of halogens is 1. The van der Waals surface area contributed by atoms with Gasteiger partial charge in [-0.15, -0.1) is 0 Å². The summed E-state index contributed by atoms with van der Waals surface area (Å²) < 4.78 is 50.7. The number of nitrogens with one attached hydrogen (secondary N) is 1. The van der Waals surface area contributed by atoms with Crippen LogP contribution in [0.3, 0.4) is 0 Å². The molecule has 0 unspecified atom stereocenters. The summed E-state index contributed by atoms with van der Waals surface area (Å²) in [6.45, 7) is 0.189. The van der Waals surface area contributed by atoms with Gasteiger partial charge >= 0.3 is 0 Å². The first-order valence-corrected chi connectivity index (χ1v) is 11.9. The third-order valence-corrected chi connectivity index (χ3v) is 5.72. The predicted molar refractivity (Wildman–Crippen MR) is 119 cm³/mol. The number of methoxy groups -OCH3 is 1. The van der Waals surface area contributed by atoms with Crippen LogP contribution >= 0.6 is 11.5 Å². The van der Waals surface area contributed by atoms with Crippen molar-refractivity contribution < 1.29 is 27.1 Å². The van der Waals surface area contributed by atoms with Gasteiger partial charge in [0.15, 0.2) is 11.5 Å². The Labute approximate surface area is 193 Å². The monoisotopic (exact) mass is 488 g/mol. The van der Waals surface area contributed by atoms with Crippen LogP contribution in [0.5, 0.6) is 11.5 Å². The van der Waals surface area contributed by atoms with E-state index in [1.54, 1.807) is 36.4 Å². The van der Waals surface area contributed by atoms with Crippen LogP contribution in [0.1, 0.15) is 11.1 Å². The summed E-state index contributed by atoms with van der Waals surface area (Å²) in [6.07, 6.45) is 2.28. The number of nitriles is 1. The molecule has 0 aliphatic heterocycles. The molecule has 0 fully saturated rings. The van der Waals surface area contributed by atoms with Crippen molar-refractivity contribution in [1.82, 2.24) is 9.36 Å². The summed E-state index contributed by atoms with van der Waals surface area (Å²) in [7, 11) is -2.17. The lowest BCUT2D eigenvalue weighted by Crippen LogP contribution is -2.13. The lowest BCUT2D eigenvalue weighted by atomic mass is 10.1. The molecule has 33 heavy (non-hydrogen) atoms. The predicted octanol–water partition coefficient (Wildman–Crippen LogP) is 3.21. The Morgan fingerprint density at radius 2 is 1.97 bits per heavy atom. The van der Waals surface area contributed by atoms with E-state index in [1.165, 1.54) is 25.3 Å². The maximum atomic E-state index is 13.0. The van der Waals surface area contributed by atoms with E-state index in [0.29, 0.717) is 28.6 Å². The molecule has 1 amide bonds. The zero-order chi connectivity index (χ0) is 24.0. The first-order valence-electron chi connectivity index (χ1n) is 9.22. The van der Waals surface area contributed by atoms with Gasteiger partial charge in [-0.1, -0.05) is 18.2 Å². The number of sulfone groups is 1. The van der Waals surface area contributed by atoms with Crippen LogP contribution in [-0.2, 0) is 21.2 Å². The van der Waals surface area contributed by atoms with Crippen LogP contribution in [0, 0.1) is 17.1 Å². The van der Waals surface area contributed by atoms with Gasteiger partial charge in [-0.2, -0.15) is 14.6 Å². The molecule has 0 saturated carbocycles. The van der Waals surface area contributed by atoms with Crippen molar-refractivity contribution in [1.29, 1.82) is 5.26 Å². The van der Waals surface area contributed by atoms with Gasteiger partial charge in [-0.3, -0.25) is 10.1 Å². The topological polar surface area (TPSA) is 131 Å². The molecule has 0 spiro atoms. The molecule has 0 atom stereocenters. The summed E-state index contributed by atoms with van der Waals surface area (Å²) in [4.78, 5) is 16.1. The maximum Gasteiger partial charge on any atom is 0.268 e. The highest BCUT2D eigenvalue weighted by Crippen LogP contribution is 2.30. The van der Waals surface area contributed by atoms with E-state index in [4.69, 9.17) is 9.47 Å². The third kappa shape index (κ3) is 6.34. The molecule has 12 heteroatoms. The highest BCUT2D eigenvalue weighted by Gasteiger charge is 2.17. The van der Waals surface area contributed by atoms with Crippen molar-refractivity contribution in [3.8, 4) is 17.6 Å². The molecule has 3 aromatic rings. The van der Waals surface area contributed by atoms with E-state index in [1.807, 2.05) is 0 Å². The Balaban J connectivity index is 1.74. The smallest absolute Gasteiger partial charge is 0.268 e. The molecule has 2 aromatic carbocycles. The van der Waals surface area contributed by atoms with E-state index in [0.717, 1.165) is 11.8 Å². The number of benzene rings is 2. The van der Waals surface area contributed by atoms with Crippen LogP contribution in [0.4, 0.5) is 9.52 Å². The van der Waals surface area contributed by atoms with Crippen LogP contribution < -0.4 is 14.8 Å². The standard InChI is InChI=1S/C21H17FN4O5S2/c1-30-18-10-14(5-8-17(18)31-12-13-3-6-16(22)7-4-13)9-15(11-23)19(27)24-20-25-21(26-32-20)33(2,28)29/h3-10H,12H2,1-2H3,(H,24,25,26,27)/b15-9-. The molecular weight excluding hydrogens is 471 g/mol.